The Morgan fingerprint density at radius 1 is 1.19 bits per heavy atom. The van der Waals surface area contributed by atoms with Crippen molar-refractivity contribution in [1.29, 1.82) is 0 Å². The smallest absolute Gasteiger partial charge is 0.133 e. The molecular weight excluding hydrogens is 265 g/mol. The SMILES string of the molecule is CC.CC1(C)CN(c2ccc(N)cn2)c2ccc(F)cc21. The molecule has 1 aliphatic rings. The molecule has 4 heteroatoms. The monoisotopic (exact) mass is 287 g/mol. The lowest BCUT2D eigenvalue weighted by Crippen LogP contribution is -2.25. The second-order valence-corrected chi connectivity index (χ2v) is 5.58. The predicted molar refractivity (Wildman–Crippen MR) is 86.4 cm³/mol. The largest absolute Gasteiger partial charge is 0.397 e. The molecule has 1 aliphatic heterocycles. The van der Waals surface area contributed by atoms with Crippen LogP contribution in [0.15, 0.2) is 36.5 Å². The van der Waals surface area contributed by atoms with Crippen LogP contribution < -0.4 is 10.6 Å². The molecule has 0 saturated carbocycles. The van der Waals surface area contributed by atoms with Crippen molar-refractivity contribution < 1.29 is 4.39 Å². The maximum Gasteiger partial charge on any atom is 0.133 e. The third-order valence-electron chi connectivity index (χ3n) is 3.58. The number of rotatable bonds is 1. The summed E-state index contributed by atoms with van der Waals surface area (Å²) in [5.41, 5.74) is 8.24. The van der Waals surface area contributed by atoms with Gasteiger partial charge < -0.3 is 10.6 Å². The summed E-state index contributed by atoms with van der Waals surface area (Å²) in [5, 5.41) is 0. The molecule has 3 nitrogen and oxygen atoms in total. The van der Waals surface area contributed by atoms with E-state index in [4.69, 9.17) is 5.73 Å². The lowest BCUT2D eigenvalue weighted by molar-refractivity contribution is 0.559. The summed E-state index contributed by atoms with van der Waals surface area (Å²) in [5.74, 6) is 0.645. The number of pyridine rings is 1. The number of nitrogens with zero attached hydrogens (tertiary/aromatic N) is 2. The van der Waals surface area contributed by atoms with Crippen LogP contribution in [0.2, 0.25) is 0 Å². The van der Waals surface area contributed by atoms with Crippen LogP contribution in [0, 0.1) is 5.82 Å². The average Bonchev–Trinajstić information content (AvgIpc) is 2.73. The lowest BCUT2D eigenvalue weighted by Gasteiger charge is -2.21. The molecule has 1 aromatic carbocycles. The summed E-state index contributed by atoms with van der Waals surface area (Å²) in [7, 11) is 0. The van der Waals surface area contributed by atoms with Crippen LogP contribution in [0.3, 0.4) is 0 Å². The van der Waals surface area contributed by atoms with Gasteiger partial charge in [-0.1, -0.05) is 27.7 Å². The van der Waals surface area contributed by atoms with Gasteiger partial charge in [0.15, 0.2) is 0 Å². The third-order valence-corrected chi connectivity index (χ3v) is 3.58. The first-order valence-corrected chi connectivity index (χ1v) is 7.26. The maximum atomic E-state index is 13.4. The summed E-state index contributed by atoms with van der Waals surface area (Å²) in [6.07, 6.45) is 1.64. The van der Waals surface area contributed by atoms with Gasteiger partial charge in [-0.05, 0) is 35.9 Å². The number of fused-ring (bicyclic) bond motifs is 1. The summed E-state index contributed by atoms with van der Waals surface area (Å²) in [6, 6.07) is 8.65. The topological polar surface area (TPSA) is 42.1 Å². The molecule has 0 radical (unpaired) electrons. The fourth-order valence-corrected chi connectivity index (χ4v) is 2.61. The Morgan fingerprint density at radius 2 is 1.90 bits per heavy atom. The molecule has 112 valence electrons. The van der Waals surface area contributed by atoms with E-state index in [1.165, 1.54) is 6.07 Å². The van der Waals surface area contributed by atoms with E-state index >= 15 is 0 Å². The van der Waals surface area contributed by atoms with Crippen LogP contribution in [0.4, 0.5) is 21.6 Å². The number of hydrogen-bond donors (Lipinski definition) is 1. The molecule has 2 aromatic rings. The molecule has 2 N–H and O–H groups in total. The molecule has 0 fully saturated rings. The van der Waals surface area contributed by atoms with Gasteiger partial charge in [-0.2, -0.15) is 0 Å². The standard InChI is InChI=1S/C15H16FN3.C2H6/c1-15(2)9-19(14-6-4-11(17)8-18-14)13-5-3-10(16)7-12(13)15;1-2/h3-8H,9,17H2,1-2H3;1-2H3. The molecule has 0 aliphatic carbocycles. The first-order valence-electron chi connectivity index (χ1n) is 7.26. The zero-order valence-electron chi connectivity index (χ0n) is 13.0. The molecule has 0 spiro atoms. The van der Waals surface area contributed by atoms with Crippen LogP contribution in [0.1, 0.15) is 33.3 Å². The highest BCUT2D eigenvalue weighted by Crippen LogP contribution is 2.43. The molecule has 0 atom stereocenters. The van der Waals surface area contributed by atoms with E-state index in [9.17, 15) is 4.39 Å². The Bertz CT molecular complexity index is 620. The Morgan fingerprint density at radius 3 is 2.52 bits per heavy atom. The third kappa shape index (κ3) is 2.84. The van der Waals surface area contributed by atoms with Gasteiger partial charge in [0.25, 0.3) is 0 Å². The number of nitrogens with two attached hydrogens (primary N) is 1. The molecule has 0 saturated heterocycles. The van der Waals surface area contributed by atoms with Gasteiger partial charge in [-0.25, -0.2) is 9.37 Å². The molecule has 1 aromatic heterocycles. The van der Waals surface area contributed by atoms with Crippen LogP contribution in [-0.2, 0) is 5.41 Å². The summed E-state index contributed by atoms with van der Waals surface area (Å²) >= 11 is 0. The van der Waals surface area contributed by atoms with E-state index in [0.29, 0.717) is 5.69 Å². The number of halogens is 1. The van der Waals surface area contributed by atoms with Gasteiger partial charge in [0, 0.05) is 17.6 Å². The minimum Gasteiger partial charge on any atom is -0.397 e. The van der Waals surface area contributed by atoms with Crippen molar-refractivity contribution >= 4 is 17.2 Å². The van der Waals surface area contributed by atoms with E-state index in [1.807, 2.05) is 32.0 Å². The van der Waals surface area contributed by atoms with Crippen molar-refractivity contribution in [3.63, 3.8) is 0 Å². The number of aromatic nitrogens is 1. The van der Waals surface area contributed by atoms with Crippen LogP contribution in [0.5, 0.6) is 0 Å². The summed E-state index contributed by atoms with van der Waals surface area (Å²) < 4.78 is 13.4. The van der Waals surface area contributed by atoms with Crippen molar-refractivity contribution in [2.24, 2.45) is 0 Å². The maximum absolute atomic E-state index is 13.4. The second kappa shape index (κ2) is 5.72. The van der Waals surface area contributed by atoms with Crippen LogP contribution in [0.25, 0.3) is 0 Å². The first kappa shape index (κ1) is 15.3. The number of nitrogen functional groups attached to an aromatic ring is 1. The quantitative estimate of drug-likeness (QED) is 0.852. The first-order chi connectivity index (χ1) is 9.97. The molecule has 3 rings (SSSR count). The fourth-order valence-electron chi connectivity index (χ4n) is 2.61. The Labute approximate surface area is 125 Å². The number of benzene rings is 1. The predicted octanol–water partition coefficient (Wildman–Crippen LogP) is 4.26. The normalized spacial score (nSPS) is 15.2. The van der Waals surface area contributed by atoms with Crippen molar-refractivity contribution in [2.75, 3.05) is 17.2 Å². The van der Waals surface area contributed by atoms with Crippen molar-refractivity contribution in [1.82, 2.24) is 4.98 Å². The highest BCUT2D eigenvalue weighted by atomic mass is 19.1. The Balaban J connectivity index is 0.000000774. The Kier molecular flexibility index (Phi) is 4.16. The summed E-state index contributed by atoms with van der Waals surface area (Å²) in [6.45, 7) is 9.01. The van der Waals surface area contributed by atoms with Crippen molar-refractivity contribution in [3.05, 3.63) is 47.9 Å². The molecular formula is C17H22FN3. The lowest BCUT2D eigenvalue weighted by atomic mass is 9.87. The minimum atomic E-state index is -0.195. The Hall–Kier alpha value is -2.10. The van der Waals surface area contributed by atoms with Crippen LogP contribution in [-0.4, -0.2) is 11.5 Å². The van der Waals surface area contributed by atoms with E-state index in [-0.39, 0.29) is 11.2 Å². The second-order valence-electron chi connectivity index (χ2n) is 5.58. The molecule has 21 heavy (non-hydrogen) atoms. The van der Waals surface area contributed by atoms with Crippen LogP contribution >= 0.6 is 0 Å². The van der Waals surface area contributed by atoms with Crippen molar-refractivity contribution in [2.45, 2.75) is 33.1 Å². The van der Waals surface area contributed by atoms with Gasteiger partial charge in [0.2, 0.25) is 0 Å². The van der Waals surface area contributed by atoms with Crippen molar-refractivity contribution in [3.8, 4) is 0 Å². The zero-order chi connectivity index (χ0) is 15.6. The number of hydrogen-bond acceptors (Lipinski definition) is 3. The molecule has 0 bridgehead atoms. The van der Waals surface area contributed by atoms with Gasteiger partial charge in [-0.15, -0.1) is 0 Å². The highest BCUT2D eigenvalue weighted by molar-refractivity contribution is 5.70. The van der Waals surface area contributed by atoms with E-state index in [1.54, 1.807) is 12.3 Å². The van der Waals surface area contributed by atoms with Gasteiger partial charge in [0.05, 0.1) is 11.9 Å². The van der Waals surface area contributed by atoms with E-state index < -0.39 is 0 Å². The average molecular weight is 287 g/mol. The van der Waals surface area contributed by atoms with Gasteiger partial charge in [0.1, 0.15) is 11.6 Å². The van der Waals surface area contributed by atoms with Gasteiger partial charge in [-0.3, -0.25) is 0 Å². The summed E-state index contributed by atoms with van der Waals surface area (Å²) in [4.78, 5) is 6.46. The highest BCUT2D eigenvalue weighted by Gasteiger charge is 2.36. The van der Waals surface area contributed by atoms with E-state index in [0.717, 1.165) is 23.6 Å². The fraction of sp³-hybridized carbons (Fsp3) is 0.353. The number of anilines is 3. The van der Waals surface area contributed by atoms with E-state index in [2.05, 4.69) is 23.7 Å². The van der Waals surface area contributed by atoms with Gasteiger partial charge >= 0.3 is 0 Å². The molecule has 0 amide bonds. The molecule has 0 unspecified atom stereocenters. The zero-order valence-corrected chi connectivity index (χ0v) is 13.0. The minimum absolute atomic E-state index is 0.0967. The molecule has 2 heterocycles.